The summed E-state index contributed by atoms with van der Waals surface area (Å²) in [5.41, 5.74) is -0.711. The van der Waals surface area contributed by atoms with Crippen LogP contribution in [-0.2, 0) is 19.1 Å². The zero-order valence-electron chi connectivity index (χ0n) is 19.0. The number of quaternary nitrogens is 2. The van der Waals surface area contributed by atoms with Crippen LogP contribution < -0.4 is 0 Å². The van der Waals surface area contributed by atoms with E-state index in [1.165, 1.54) is 6.54 Å². The highest BCUT2D eigenvalue weighted by Gasteiger charge is 2.24. The van der Waals surface area contributed by atoms with Crippen LogP contribution >= 0.6 is 0 Å². The zero-order chi connectivity index (χ0) is 21.1. The van der Waals surface area contributed by atoms with Crippen molar-refractivity contribution in [3.63, 3.8) is 0 Å². The van der Waals surface area contributed by atoms with E-state index in [-0.39, 0.29) is 11.6 Å². The standard InChI is InChI=1S/C9H20NO2.C5H14N.C5H10O2/c1-9(2,3)8(11)12-7-10(4,5)6;1-5-6(2,3)4;1-5(2,3)7-4-6/h7H2,1-6H3;5H2,1-4H3;4H,1-3H3/q2*+1;. The van der Waals surface area contributed by atoms with Gasteiger partial charge >= 0.3 is 5.97 Å². The average molecular weight is 365 g/mol. The molecule has 0 radical (unpaired) electrons. The Morgan fingerprint density at radius 3 is 1.36 bits per heavy atom. The fourth-order valence-electron chi connectivity index (χ4n) is 0.613. The Balaban J connectivity index is -0.000000317. The molecule has 0 rings (SSSR count). The van der Waals surface area contributed by atoms with Crippen LogP contribution in [0.5, 0.6) is 0 Å². The first kappa shape index (κ1) is 28.7. The first-order valence-corrected chi connectivity index (χ1v) is 8.65. The van der Waals surface area contributed by atoms with E-state index in [2.05, 4.69) is 32.8 Å². The van der Waals surface area contributed by atoms with E-state index in [0.29, 0.717) is 17.7 Å². The van der Waals surface area contributed by atoms with Crippen molar-refractivity contribution < 1.29 is 28.0 Å². The van der Waals surface area contributed by atoms with Crippen LogP contribution in [0.15, 0.2) is 0 Å². The summed E-state index contributed by atoms with van der Waals surface area (Å²) in [7, 11) is 12.5. The molecule has 6 heteroatoms. The molecule has 0 saturated carbocycles. The number of hydrogen-bond donors (Lipinski definition) is 0. The number of carbonyl (C=O) groups is 2. The highest BCUT2D eigenvalue weighted by atomic mass is 16.5. The summed E-state index contributed by atoms with van der Waals surface area (Å²) in [6, 6.07) is 0. The molecule has 0 aromatic heterocycles. The fourth-order valence-corrected chi connectivity index (χ4v) is 0.613. The van der Waals surface area contributed by atoms with E-state index in [9.17, 15) is 9.59 Å². The van der Waals surface area contributed by atoms with E-state index < -0.39 is 5.41 Å². The van der Waals surface area contributed by atoms with Crippen molar-refractivity contribution in [2.24, 2.45) is 5.41 Å². The second-order valence-electron chi connectivity index (χ2n) is 10.0. The SMILES string of the molecule is CC(C)(C)C(=O)OC[N+](C)(C)C.CC(C)(C)OC=O.CC[N+](C)(C)C. The van der Waals surface area contributed by atoms with Gasteiger partial charge in [-0.15, -0.1) is 0 Å². The van der Waals surface area contributed by atoms with E-state index in [1.807, 2.05) is 62.7 Å². The van der Waals surface area contributed by atoms with Gasteiger partial charge in [0.25, 0.3) is 6.47 Å². The van der Waals surface area contributed by atoms with Crippen LogP contribution in [-0.4, -0.2) is 82.6 Å². The van der Waals surface area contributed by atoms with E-state index in [1.54, 1.807) is 0 Å². The molecule has 0 spiro atoms. The normalized spacial score (nSPS) is 12.0. The monoisotopic (exact) mass is 364 g/mol. The van der Waals surface area contributed by atoms with Gasteiger partial charge < -0.3 is 14.0 Å². The van der Waals surface area contributed by atoms with Crippen molar-refractivity contribution in [2.45, 2.75) is 54.1 Å². The Morgan fingerprint density at radius 1 is 0.880 bits per heavy atom. The number of rotatable bonds is 4. The Hall–Kier alpha value is -1.14. The second kappa shape index (κ2) is 11.5. The predicted molar refractivity (Wildman–Crippen MR) is 104 cm³/mol. The topological polar surface area (TPSA) is 52.6 Å². The summed E-state index contributed by atoms with van der Waals surface area (Å²) in [4.78, 5) is 20.9. The minimum Gasteiger partial charge on any atom is -0.462 e. The second-order valence-corrected chi connectivity index (χ2v) is 10.0. The maximum atomic E-state index is 11.3. The van der Waals surface area contributed by atoms with E-state index in [0.717, 1.165) is 4.48 Å². The molecule has 6 nitrogen and oxygen atoms in total. The van der Waals surface area contributed by atoms with Crippen LogP contribution in [0.2, 0.25) is 0 Å². The lowest BCUT2D eigenvalue weighted by Crippen LogP contribution is -2.39. The Bertz CT molecular complexity index is 367. The van der Waals surface area contributed by atoms with Crippen LogP contribution in [0.1, 0.15) is 48.5 Å². The molecule has 0 atom stereocenters. The maximum Gasteiger partial charge on any atom is 0.315 e. The van der Waals surface area contributed by atoms with Crippen LogP contribution in [0, 0.1) is 5.41 Å². The summed E-state index contributed by atoms with van der Waals surface area (Å²) in [6.45, 7) is 15.3. The van der Waals surface area contributed by atoms with Gasteiger partial charge in [-0.25, -0.2) is 0 Å². The molecule has 0 bridgehead atoms. The lowest BCUT2D eigenvalue weighted by Gasteiger charge is -2.25. The first-order valence-electron chi connectivity index (χ1n) is 8.65. The van der Waals surface area contributed by atoms with Crippen molar-refractivity contribution in [3.8, 4) is 0 Å². The molecular formula is C19H44N2O4+2. The lowest BCUT2D eigenvalue weighted by atomic mass is 9.98. The third-order valence-corrected chi connectivity index (χ3v) is 2.55. The Kier molecular flexibility index (Phi) is 13.1. The molecule has 0 N–H and O–H groups in total. The third kappa shape index (κ3) is 31.2. The van der Waals surface area contributed by atoms with Gasteiger partial charge in [-0.05, 0) is 48.5 Å². The minimum absolute atomic E-state index is 0.143. The van der Waals surface area contributed by atoms with E-state index in [4.69, 9.17) is 4.74 Å². The summed E-state index contributed by atoms with van der Waals surface area (Å²) < 4.78 is 11.4. The smallest absolute Gasteiger partial charge is 0.315 e. The van der Waals surface area contributed by atoms with Crippen molar-refractivity contribution >= 4 is 12.4 Å². The third-order valence-electron chi connectivity index (χ3n) is 2.55. The highest BCUT2D eigenvalue weighted by Crippen LogP contribution is 2.15. The molecule has 0 heterocycles. The number of ether oxygens (including phenoxy) is 2. The first-order chi connectivity index (χ1) is 10.7. The number of hydrogen-bond acceptors (Lipinski definition) is 4. The zero-order valence-corrected chi connectivity index (χ0v) is 19.0. The van der Waals surface area contributed by atoms with Crippen molar-refractivity contribution in [3.05, 3.63) is 0 Å². The van der Waals surface area contributed by atoms with Gasteiger partial charge in [-0.2, -0.15) is 0 Å². The van der Waals surface area contributed by atoms with Gasteiger partial charge in [0.05, 0.1) is 54.2 Å². The van der Waals surface area contributed by atoms with Gasteiger partial charge in [0, 0.05) is 0 Å². The molecule has 0 aliphatic heterocycles. The minimum atomic E-state index is -0.394. The molecule has 152 valence electrons. The van der Waals surface area contributed by atoms with Crippen molar-refractivity contribution in [1.29, 1.82) is 0 Å². The highest BCUT2D eigenvalue weighted by molar-refractivity contribution is 5.75. The van der Waals surface area contributed by atoms with Gasteiger partial charge in [-0.1, -0.05) is 0 Å². The molecular weight excluding hydrogens is 320 g/mol. The molecule has 25 heavy (non-hydrogen) atoms. The van der Waals surface area contributed by atoms with E-state index >= 15 is 0 Å². The molecule has 0 amide bonds. The summed E-state index contributed by atoms with van der Waals surface area (Å²) in [6.07, 6.45) is 0. The number of esters is 1. The Morgan fingerprint density at radius 2 is 1.24 bits per heavy atom. The fraction of sp³-hybridized carbons (Fsp3) is 0.895. The molecule has 0 fully saturated rings. The maximum absolute atomic E-state index is 11.3. The Labute approximate surface area is 156 Å². The molecule has 0 aliphatic carbocycles. The molecule has 0 unspecified atom stereocenters. The van der Waals surface area contributed by atoms with Crippen molar-refractivity contribution in [1.82, 2.24) is 0 Å². The van der Waals surface area contributed by atoms with Gasteiger partial charge in [0.1, 0.15) is 5.60 Å². The molecule has 0 aromatic rings. The largest absolute Gasteiger partial charge is 0.462 e. The average Bonchev–Trinajstić information content (AvgIpc) is 2.33. The van der Waals surface area contributed by atoms with Gasteiger partial charge in [-0.3, -0.25) is 14.1 Å². The summed E-state index contributed by atoms with van der Waals surface area (Å²) >= 11 is 0. The lowest BCUT2D eigenvalue weighted by molar-refractivity contribution is -0.888. The van der Waals surface area contributed by atoms with Crippen molar-refractivity contribution in [2.75, 3.05) is 55.6 Å². The molecule has 0 saturated heterocycles. The van der Waals surface area contributed by atoms with Gasteiger partial charge in [0.15, 0.2) is 0 Å². The van der Waals surface area contributed by atoms with Gasteiger partial charge in [0.2, 0.25) is 6.73 Å². The molecule has 0 aromatic carbocycles. The number of carbonyl (C=O) groups excluding carboxylic acids is 2. The van der Waals surface area contributed by atoms with Crippen LogP contribution in [0.4, 0.5) is 0 Å². The van der Waals surface area contributed by atoms with Crippen LogP contribution in [0.3, 0.4) is 0 Å². The van der Waals surface area contributed by atoms with Crippen LogP contribution in [0.25, 0.3) is 0 Å². The number of nitrogens with zero attached hydrogens (tertiary/aromatic N) is 2. The predicted octanol–water partition coefficient (Wildman–Crippen LogP) is 2.91. The summed E-state index contributed by atoms with van der Waals surface area (Å²) in [5.74, 6) is -0.143. The quantitative estimate of drug-likeness (QED) is 0.333. The molecule has 0 aliphatic rings. The summed E-state index contributed by atoms with van der Waals surface area (Å²) in [5, 5.41) is 0.